The molecule has 0 amide bonds. The number of fused-ring (bicyclic) bond motifs is 2. The van der Waals surface area contributed by atoms with E-state index in [2.05, 4.69) is 0 Å². The Balaban J connectivity index is 1.91. The van der Waals surface area contributed by atoms with Gasteiger partial charge in [-0.1, -0.05) is 18.2 Å². The van der Waals surface area contributed by atoms with Crippen LogP contribution in [0.4, 0.5) is 0 Å². The largest absolute Gasteiger partial charge is 0.469 e. The maximum absolute atomic E-state index is 13.0. The van der Waals surface area contributed by atoms with Gasteiger partial charge in [-0.3, -0.25) is 4.79 Å². The van der Waals surface area contributed by atoms with E-state index in [1.165, 1.54) is 7.11 Å². The van der Waals surface area contributed by atoms with Gasteiger partial charge in [0.25, 0.3) is 0 Å². The van der Waals surface area contributed by atoms with Crippen molar-refractivity contribution in [1.29, 1.82) is 0 Å². The van der Waals surface area contributed by atoms with E-state index in [-0.39, 0.29) is 24.0 Å². The van der Waals surface area contributed by atoms with Crippen LogP contribution in [0.5, 0.6) is 0 Å². The third-order valence-corrected chi connectivity index (χ3v) is 7.01. The molecule has 6 heteroatoms. The van der Waals surface area contributed by atoms with Gasteiger partial charge in [0.2, 0.25) is 10.0 Å². The lowest BCUT2D eigenvalue weighted by Gasteiger charge is -2.37. The molecule has 0 saturated carbocycles. The van der Waals surface area contributed by atoms with Gasteiger partial charge >= 0.3 is 5.97 Å². The Morgan fingerprint density at radius 3 is 2.32 bits per heavy atom. The van der Waals surface area contributed by atoms with Gasteiger partial charge in [-0.15, -0.1) is 0 Å². The Hall–Kier alpha value is -1.40. The van der Waals surface area contributed by atoms with Crippen molar-refractivity contribution in [3.8, 4) is 0 Å². The predicted molar refractivity (Wildman–Crippen MR) is 81.8 cm³/mol. The number of hydrogen-bond donors (Lipinski definition) is 0. The molecule has 2 fully saturated rings. The second-order valence-electron chi connectivity index (χ2n) is 6.18. The standard InChI is InChI=1S/C16H21NO4S/c1-11-5-3-4-6-15(11)22(19,20)17-13-7-8-14(17)10-12(9-13)16(18)21-2/h3-6,12-14H,7-10H2,1-2H3. The third kappa shape index (κ3) is 2.44. The van der Waals surface area contributed by atoms with E-state index in [1.807, 2.05) is 19.1 Å². The molecule has 2 unspecified atom stereocenters. The molecule has 3 rings (SSSR count). The molecule has 0 radical (unpaired) electrons. The SMILES string of the molecule is COC(=O)C1CC2CCC(C1)N2S(=O)(=O)c1ccccc1C. The zero-order valence-electron chi connectivity index (χ0n) is 12.9. The number of aryl methyl sites for hydroxylation is 1. The molecule has 2 saturated heterocycles. The average Bonchev–Trinajstić information content (AvgIpc) is 2.78. The number of methoxy groups -OCH3 is 1. The number of benzene rings is 1. The highest BCUT2D eigenvalue weighted by Crippen LogP contribution is 2.42. The van der Waals surface area contributed by atoms with Crippen molar-refractivity contribution in [2.45, 2.75) is 49.6 Å². The van der Waals surface area contributed by atoms with Gasteiger partial charge in [-0.2, -0.15) is 4.31 Å². The molecule has 2 heterocycles. The number of hydrogen-bond acceptors (Lipinski definition) is 4. The van der Waals surface area contributed by atoms with Crippen LogP contribution in [-0.4, -0.2) is 37.9 Å². The Bertz CT molecular complexity index is 671. The van der Waals surface area contributed by atoms with Gasteiger partial charge in [-0.05, 0) is 44.2 Å². The van der Waals surface area contributed by atoms with Crippen molar-refractivity contribution in [1.82, 2.24) is 4.31 Å². The van der Waals surface area contributed by atoms with Crippen molar-refractivity contribution < 1.29 is 17.9 Å². The fraction of sp³-hybridized carbons (Fsp3) is 0.562. The first kappa shape index (κ1) is 15.5. The van der Waals surface area contributed by atoms with Crippen LogP contribution < -0.4 is 0 Å². The van der Waals surface area contributed by atoms with Gasteiger partial charge in [0, 0.05) is 12.1 Å². The van der Waals surface area contributed by atoms with Crippen molar-refractivity contribution in [3.63, 3.8) is 0 Å². The molecule has 120 valence electrons. The van der Waals surface area contributed by atoms with Gasteiger partial charge in [0.15, 0.2) is 0 Å². The molecule has 0 spiro atoms. The minimum Gasteiger partial charge on any atom is -0.469 e. The number of esters is 1. The lowest BCUT2D eigenvalue weighted by atomic mass is 9.92. The zero-order valence-corrected chi connectivity index (χ0v) is 13.7. The monoisotopic (exact) mass is 323 g/mol. The summed E-state index contributed by atoms with van der Waals surface area (Å²) in [5.74, 6) is -0.393. The van der Waals surface area contributed by atoms with Crippen molar-refractivity contribution in [3.05, 3.63) is 29.8 Å². The van der Waals surface area contributed by atoms with E-state index in [9.17, 15) is 13.2 Å². The lowest BCUT2D eigenvalue weighted by molar-refractivity contribution is -0.147. The Labute approximate surface area is 131 Å². The van der Waals surface area contributed by atoms with Crippen molar-refractivity contribution in [2.24, 2.45) is 5.92 Å². The van der Waals surface area contributed by atoms with Gasteiger partial charge < -0.3 is 4.74 Å². The van der Waals surface area contributed by atoms with Crippen LogP contribution in [0.1, 0.15) is 31.2 Å². The Morgan fingerprint density at radius 1 is 1.18 bits per heavy atom. The quantitative estimate of drug-likeness (QED) is 0.799. The number of nitrogens with zero attached hydrogens (tertiary/aromatic N) is 1. The van der Waals surface area contributed by atoms with Crippen LogP contribution in [0.25, 0.3) is 0 Å². The summed E-state index contributed by atoms with van der Waals surface area (Å²) in [6, 6.07) is 6.89. The van der Waals surface area contributed by atoms with Gasteiger partial charge in [-0.25, -0.2) is 8.42 Å². The summed E-state index contributed by atoms with van der Waals surface area (Å²) < 4.78 is 32.5. The van der Waals surface area contributed by atoms with Crippen molar-refractivity contribution >= 4 is 16.0 Å². The smallest absolute Gasteiger partial charge is 0.308 e. The van der Waals surface area contributed by atoms with E-state index in [4.69, 9.17) is 4.74 Å². The average molecular weight is 323 g/mol. The molecule has 2 aliphatic heterocycles. The molecule has 1 aromatic rings. The second kappa shape index (κ2) is 5.66. The van der Waals surface area contributed by atoms with E-state index in [1.54, 1.807) is 16.4 Å². The fourth-order valence-electron chi connectivity index (χ4n) is 3.84. The second-order valence-corrected chi connectivity index (χ2v) is 7.99. The molecule has 2 bridgehead atoms. The third-order valence-electron chi connectivity index (χ3n) is 4.85. The van der Waals surface area contributed by atoms with Crippen LogP contribution in [0, 0.1) is 12.8 Å². The van der Waals surface area contributed by atoms with Gasteiger partial charge in [0.1, 0.15) is 0 Å². The number of rotatable bonds is 3. The van der Waals surface area contributed by atoms with Crippen LogP contribution in [0.3, 0.4) is 0 Å². The molecule has 22 heavy (non-hydrogen) atoms. The topological polar surface area (TPSA) is 63.7 Å². The first-order valence-corrected chi connectivity index (χ1v) is 9.06. The maximum Gasteiger partial charge on any atom is 0.308 e. The van der Waals surface area contributed by atoms with Crippen LogP contribution in [0.2, 0.25) is 0 Å². The van der Waals surface area contributed by atoms with E-state index in [0.29, 0.717) is 17.7 Å². The summed E-state index contributed by atoms with van der Waals surface area (Å²) in [5.41, 5.74) is 0.761. The summed E-state index contributed by atoms with van der Waals surface area (Å²) in [6.45, 7) is 1.82. The molecule has 1 aromatic carbocycles. The van der Waals surface area contributed by atoms with Crippen LogP contribution in [0.15, 0.2) is 29.2 Å². The van der Waals surface area contributed by atoms with E-state index >= 15 is 0 Å². The molecule has 2 aliphatic rings. The molecule has 0 aliphatic carbocycles. The summed E-state index contributed by atoms with van der Waals surface area (Å²) in [6.07, 6.45) is 2.77. The summed E-state index contributed by atoms with van der Waals surface area (Å²) in [7, 11) is -2.11. The Kier molecular flexibility index (Phi) is 3.99. The number of carbonyl (C=O) groups excluding carboxylic acids is 1. The van der Waals surface area contributed by atoms with Gasteiger partial charge in [0.05, 0.1) is 17.9 Å². The summed E-state index contributed by atoms with van der Waals surface area (Å²) >= 11 is 0. The first-order chi connectivity index (χ1) is 10.4. The normalized spacial score (nSPS) is 28.5. The number of sulfonamides is 1. The minimum atomic E-state index is -3.50. The molecule has 2 atom stereocenters. The van der Waals surface area contributed by atoms with Crippen LogP contribution >= 0.6 is 0 Å². The molecular formula is C16H21NO4S. The predicted octanol–water partition coefficient (Wildman–Crippen LogP) is 2.10. The molecule has 5 nitrogen and oxygen atoms in total. The number of piperidine rings is 1. The highest BCUT2D eigenvalue weighted by atomic mass is 32.2. The summed E-state index contributed by atoms with van der Waals surface area (Å²) in [5, 5.41) is 0. The fourth-order valence-corrected chi connectivity index (χ4v) is 5.97. The van der Waals surface area contributed by atoms with E-state index < -0.39 is 10.0 Å². The summed E-state index contributed by atoms with van der Waals surface area (Å²) in [4.78, 5) is 12.2. The van der Waals surface area contributed by atoms with Crippen molar-refractivity contribution in [2.75, 3.05) is 7.11 Å². The minimum absolute atomic E-state index is 0.0903. The Morgan fingerprint density at radius 2 is 1.77 bits per heavy atom. The number of ether oxygens (including phenoxy) is 1. The van der Waals surface area contributed by atoms with E-state index in [0.717, 1.165) is 18.4 Å². The van der Waals surface area contributed by atoms with Crippen LogP contribution in [-0.2, 0) is 19.6 Å². The maximum atomic E-state index is 13.0. The lowest BCUT2D eigenvalue weighted by Crippen LogP contribution is -2.48. The molecule has 0 N–H and O–H groups in total. The first-order valence-electron chi connectivity index (χ1n) is 7.62. The number of carbonyl (C=O) groups is 1. The highest BCUT2D eigenvalue weighted by molar-refractivity contribution is 7.89. The molecular weight excluding hydrogens is 302 g/mol. The molecule has 0 aromatic heterocycles. The highest BCUT2D eigenvalue weighted by Gasteiger charge is 2.49. The zero-order chi connectivity index (χ0) is 15.9.